The first-order valence-electron chi connectivity index (χ1n) is 6.91. The van der Waals surface area contributed by atoms with E-state index in [1.165, 1.54) is 19.3 Å². The van der Waals surface area contributed by atoms with E-state index in [1.54, 1.807) is 12.1 Å². The summed E-state index contributed by atoms with van der Waals surface area (Å²) in [5.74, 6) is 6.41. The number of anilines is 1. The summed E-state index contributed by atoms with van der Waals surface area (Å²) in [5, 5.41) is 7.82. The summed E-state index contributed by atoms with van der Waals surface area (Å²) in [5.41, 5.74) is 2.82. The quantitative estimate of drug-likeness (QED) is 0.616. The zero-order valence-corrected chi connectivity index (χ0v) is 10.9. The second-order valence-corrected chi connectivity index (χ2v) is 5.35. The van der Waals surface area contributed by atoms with Gasteiger partial charge in [-0.2, -0.15) is 0 Å². The molecule has 1 saturated carbocycles. The summed E-state index contributed by atoms with van der Waals surface area (Å²) in [7, 11) is 0. The molecule has 1 aliphatic carbocycles. The van der Waals surface area contributed by atoms with Gasteiger partial charge in [0.15, 0.2) is 11.5 Å². The van der Waals surface area contributed by atoms with E-state index in [0.717, 1.165) is 19.4 Å². The number of hydrazine groups is 1. The fourth-order valence-corrected chi connectivity index (χ4v) is 3.38. The Hall–Kier alpha value is -1.69. The third-order valence-corrected chi connectivity index (χ3v) is 4.29. The van der Waals surface area contributed by atoms with Crippen LogP contribution >= 0.6 is 0 Å². The molecule has 3 N–H and O–H groups in total. The van der Waals surface area contributed by atoms with Crippen molar-refractivity contribution in [2.45, 2.75) is 38.1 Å². The van der Waals surface area contributed by atoms with Crippen molar-refractivity contribution in [3.05, 3.63) is 17.8 Å². The lowest BCUT2D eigenvalue weighted by Gasteiger charge is -2.37. The number of hydrogen-bond donors (Lipinski definition) is 2. The zero-order chi connectivity index (χ0) is 13.2. The third-order valence-electron chi connectivity index (χ3n) is 4.29. The van der Waals surface area contributed by atoms with E-state index >= 15 is 0 Å². The molecule has 6 nitrogen and oxygen atoms in total. The number of nitrogen functional groups attached to an aromatic ring is 1. The van der Waals surface area contributed by atoms with Crippen molar-refractivity contribution in [2.24, 2.45) is 11.8 Å². The van der Waals surface area contributed by atoms with Crippen LogP contribution in [0.4, 0.5) is 5.82 Å². The van der Waals surface area contributed by atoms with E-state index in [4.69, 9.17) is 5.84 Å². The second kappa shape index (κ2) is 5.13. The predicted molar refractivity (Wildman–Crippen MR) is 71.2 cm³/mol. The monoisotopic (exact) mass is 261 g/mol. The zero-order valence-electron chi connectivity index (χ0n) is 10.9. The number of fused-ring (bicyclic) bond motifs is 1. The minimum absolute atomic E-state index is 0.00710. The van der Waals surface area contributed by atoms with E-state index in [0.29, 0.717) is 23.5 Å². The summed E-state index contributed by atoms with van der Waals surface area (Å²) in [4.78, 5) is 14.5. The van der Waals surface area contributed by atoms with Crippen molar-refractivity contribution in [1.29, 1.82) is 0 Å². The van der Waals surface area contributed by atoms with Gasteiger partial charge in [0.1, 0.15) is 0 Å². The summed E-state index contributed by atoms with van der Waals surface area (Å²) in [6.45, 7) is 0.846. The van der Waals surface area contributed by atoms with E-state index < -0.39 is 0 Å². The SMILES string of the molecule is NNc1ccc(C(=O)N2CCCC3CCCC32)nn1. The Morgan fingerprint density at radius 1 is 1.26 bits per heavy atom. The minimum Gasteiger partial charge on any atom is -0.334 e. The lowest BCUT2D eigenvalue weighted by molar-refractivity contribution is 0.0541. The van der Waals surface area contributed by atoms with Gasteiger partial charge in [0.25, 0.3) is 5.91 Å². The highest BCUT2D eigenvalue weighted by molar-refractivity contribution is 5.92. The number of nitrogens with one attached hydrogen (secondary N) is 1. The van der Waals surface area contributed by atoms with Gasteiger partial charge in [0, 0.05) is 12.6 Å². The van der Waals surface area contributed by atoms with Gasteiger partial charge in [-0.05, 0) is 43.7 Å². The number of hydrogen-bond acceptors (Lipinski definition) is 5. The molecule has 2 aliphatic rings. The molecule has 1 aromatic rings. The van der Waals surface area contributed by atoms with Gasteiger partial charge in [-0.1, -0.05) is 6.42 Å². The van der Waals surface area contributed by atoms with E-state index in [1.807, 2.05) is 4.90 Å². The normalized spacial score (nSPS) is 26.1. The highest BCUT2D eigenvalue weighted by Crippen LogP contribution is 2.37. The fraction of sp³-hybridized carbons (Fsp3) is 0.615. The first-order chi connectivity index (χ1) is 9.29. The van der Waals surface area contributed by atoms with Gasteiger partial charge >= 0.3 is 0 Å². The first-order valence-corrected chi connectivity index (χ1v) is 6.91. The van der Waals surface area contributed by atoms with Crippen LogP contribution in [0.1, 0.15) is 42.6 Å². The van der Waals surface area contributed by atoms with Crippen LogP contribution in [0.25, 0.3) is 0 Å². The average Bonchev–Trinajstić information content (AvgIpc) is 2.95. The van der Waals surface area contributed by atoms with Gasteiger partial charge in [0.2, 0.25) is 0 Å². The Kier molecular flexibility index (Phi) is 3.33. The Morgan fingerprint density at radius 2 is 2.11 bits per heavy atom. The van der Waals surface area contributed by atoms with Crippen LogP contribution in [-0.2, 0) is 0 Å². The molecule has 2 fully saturated rings. The molecule has 1 amide bonds. The number of likely N-dealkylation sites (tertiary alicyclic amines) is 1. The maximum Gasteiger partial charge on any atom is 0.274 e. The Balaban J connectivity index is 1.78. The van der Waals surface area contributed by atoms with Crippen molar-refractivity contribution >= 4 is 11.7 Å². The molecule has 19 heavy (non-hydrogen) atoms. The number of nitrogens with zero attached hydrogens (tertiary/aromatic N) is 3. The molecule has 1 saturated heterocycles. The van der Waals surface area contributed by atoms with E-state index in [2.05, 4.69) is 15.6 Å². The maximum absolute atomic E-state index is 12.5. The molecule has 0 aromatic carbocycles. The minimum atomic E-state index is 0.00710. The predicted octanol–water partition coefficient (Wildman–Crippen LogP) is 1.17. The molecule has 102 valence electrons. The third kappa shape index (κ3) is 2.28. The van der Waals surface area contributed by atoms with Gasteiger partial charge < -0.3 is 10.3 Å². The number of aromatic nitrogens is 2. The van der Waals surface area contributed by atoms with Crippen molar-refractivity contribution in [3.63, 3.8) is 0 Å². The lowest BCUT2D eigenvalue weighted by atomic mass is 9.92. The summed E-state index contributed by atoms with van der Waals surface area (Å²) >= 11 is 0. The fourth-order valence-electron chi connectivity index (χ4n) is 3.38. The van der Waals surface area contributed by atoms with Crippen LogP contribution in [0.15, 0.2) is 12.1 Å². The van der Waals surface area contributed by atoms with Crippen LogP contribution in [-0.4, -0.2) is 33.6 Å². The van der Waals surface area contributed by atoms with Crippen molar-refractivity contribution in [2.75, 3.05) is 12.0 Å². The number of piperidine rings is 1. The summed E-state index contributed by atoms with van der Waals surface area (Å²) in [6, 6.07) is 3.77. The van der Waals surface area contributed by atoms with Crippen molar-refractivity contribution in [1.82, 2.24) is 15.1 Å². The van der Waals surface area contributed by atoms with Gasteiger partial charge in [-0.25, -0.2) is 5.84 Å². The number of amides is 1. The van der Waals surface area contributed by atoms with Gasteiger partial charge in [-0.3, -0.25) is 4.79 Å². The van der Waals surface area contributed by atoms with E-state index in [-0.39, 0.29) is 5.91 Å². The molecule has 1 aromatic heterocycles. The smallest absolute Gasteiger partial charge is 0.274 e. The van der Waals surface area contributed by atoms with E-state index in [9.17, 15) is 4.79 Å². The molecular weight excluding hydrogens is 242 g/mol. The molecule has 6 heteroatoms. The highest BCUT2D eigenvalue weighted by Gasteiger charge is 2.37. The first kappa shape index (κ1) is 12.3. The van der Waals surface area contributed by atoms with Crippen LogP contribution in [0.2, 0.25) is 0 Å². The van der Waals surface area contributed by atoms with Gasteiger partial charge in [-0.15, -0.1) is 10.2 Å². The van der Waals surface area contributed by atoms with Crippen LogP contribution in [0.5, 0.6) is 0 Å². The summed E-state index contributed by atoms with van der Waals surface area (Å²) < 4.78 is 0. The Bertz CT molecular complexity index is 461. The maximum atomic E-state index is 12.5. The Labute approximate surface area is 112 Å². The number of carbonyl (C=O) groups excluding carboxylic acids is 1. The Morgan fingerprint density at radius 3 is 2.84 bits per heavy atom. The molecule has 2 atom stereocenters. The molecule has 2 heterocycles. The summed E-state index contributed by atoms with van der Waals surface area (Å²) in [6.07, 6.45) is 5.99. The molecule has 0 radical (unpaired) electrons. The van der Waals surface area contributed by atoms with Crippen LogP contribution in [0, 0.1) is 5.92 Å². The number of rotatable bonds is 2. The van der Waals surface area contributed by atoms with Crippen LogP contribution in [0.3, 0.4) is 0 Å². The molecule has 1 aliphatic heterocycles. The standard InChI is InChI=1S/C13H19N5O/c14-15-12-7-6-10(16-17-12)13(19)18-8-2-4-9-3-1-5-11(9)18/h6-7,9,11H,1-5,8,14H2,(H,15,17). The number of nitrogens with two attached hydrogens (primary N) is 1. The topological polar surface area (TPSA) is 84.1 Å². The van der Waals surface area contributed by atoms with Crippen molar-refractivity contribution < 1.29 is 4.79 Å². The molecule has 0 spiro atoms. The second-order valence-electron chi connectivity index (χ2n) is 5.35. The number of carbonyl (C=O) groups is 1. The van der Waals surface area contributed by atoms with Crippen LogP contribution < -0.4 is 11.3 Å². The average molecular weight is 261 g/mol. The largest absolute Gasteiger partial charge is 0.334 e. The molecular formula is C13H19N5O. The highest BCUT2D eigenvalue weighted by atomic mass is 16.2. The molecule has 0 bridgehead atoms. The van der Waals surface area contributed by atoms with Crippen molar-refractivity contribution in [3.8, 4) is 0 Å². The molecule has 3 rings (SSSR count). The lowest BCUT2D eigenvalue weighted by Crippen LogP contribution is -2.46. The van der Waals surface area contributed by atoms with Gasteiger partial charge in [0.05, 0.1) is 0 Å². The molecule has 2 unspecified atom stereocenters.